The summed E-state index contributed by atoms with van der Waals surface area (Å²) in [6, 6.07) is 5.35. The Balaban J connectivity index is 2.34. The Bertz CT molecular complexity index is 719. The fourth-order valence-electron chi connectivity index (χ4n) is 1.57. The summed E-state index contributed by atoms with van der Waals surface area (Å²) in [4.78, 5) is 15.5. The second-order valence-corrected chi connectivity index (χ2v) is 7.25. The lowest BCUT2D eigenvalue weighted by Gasteiger charge is -2.03. The maximum absolute atomic E-state index is 12.2. The van der Waals surface area contributed by atoms with Crippen molar-refractivity contribution in [3.63, 3.8) is 0 Å². The van der Waals surface area contributed by atoms with Crippen LogP contribution in [0, 0.1) is 6.92 Å². The summed E-state index contributed by atoms with van der Waals surface area (Å²) in [6.45, 7) is 1.80. The van der Waals surface area contributed by atoms with E-state index in [1.54, 1.807) is 6.92 Å². The quantitative estimate of drug-likeness (QED) is 0.934. The van der Waals surface area contributed by atoms with E-state index in [-0.39, 0.29) is 16.2 Å². The van der Waals surface area contributed by atoms with Gasteiger partial charge in [-0.25, -0.2) is 18.2 Å². The van der Waals surface area contributed by atoms with E-state index in [0.29, 0.717) is 4.88 Å². The van der Waals surface area contributed by atoms with E-state index in [1.807, 2.05) is 0 Å². The highest BCUT2D eigenvalue weighted by Gasteiger charge is 2.18. The molecular formula is C12H11NO4S2. The first-order valence-corrected chi connectivity index (χ1v) is 7.83. The van der Waals surface area contributed by atoms with Crippen molar-refractivity contribution in [2.24, 2.45) is 0 Å². The number of carboxylic acids is 1. The first-order chi connectivity index (χ1) is 8.88. The number of nitrogens with zero attached hydrogens (tertiary/aromatic N) is 1. The Morgan fingerprint density at radius 1 is 1.42 bits per heavy atom. The van der Waals surface area contributed by atoms with Crippen LogP contribution >= 0.6 is 11.3 Å². The van der Waals surface area contributed by atoms with Gasteiger partial charge in [0.05, 0.1) is 21.2 Å². The number of sulfone groups is 1. The smallest absolute Gasteiger partial charge is 0.335 e. The first kappa shape index (κ1) is 13.7. The van der Waals surface area contributed by atoms with Crippen LogP contribution in [0.3, 0.4) is 0 Å². The van der Waals surface area contributed by atoms with Crippen LogP contribution in [0.5, 0.6) is 0 Å². The number of carboxylic acid groups (broad SMARTS) is 1. The average molecular weight is 297 g/mol. The number of aromatic carboxylic acids is 1. The predicted octanol–water partition coefficient (Wildman–Crippen LogP) is 2.12. The van der Waals surface area contributed by atoms with Gasteiger partial charge < -0.3 is 5.11 Å². The first-order valence-electron chi connectivity index (χ1n) is 5.36. The molecule has 5 nitrogen and oxygen atoms in total. The number of hydrogen-bond donors (Lipinski definition) is 1. The highest BCUT2D eigenvalue weighted by atomic mass is 32.2. The number of thiazole rings is 1. The molecule has 0 spiro atoms. The SMILES string of the molecule is Cc1ncc(CS(=O)(=O)c2cccc(C(=O)O)c2)s1. The van der Waals surface area contributed by atoms with Gasteiger partial charge in [0, 0.05) is 11.1 Å². The van der Waals surface area contributed by atoms with E-state index in [0.717, 1.165) is 5.01 Å². The molecule has 0 aliphatic rings. The molecule has 2 aromatic rings. The number of hydrogen-bond acceptors (Lipinski definition) is 5. The molecule has 0 bridgehead atoms. The van der Waals surface area contributed by atoms with Crippen molar-refractivity contribution in [3.8, 4) is 0 Å². The van der Waals surface area contributed by atoms with Crippen LogP contribution in [-0.4, -0.2) is 24.5 Å². The van der Waals surface area contributed by atoms with Gasteiger partial charge in [0.2, 0.25) is 0 Å². The highest BCUT2D eigenvalue weighted by molar-refractivity contribution is 7.90. The van der Waals surface area contributed by atoms with Crippen LogP contribution in [0.1, 0.15) is 20.2 Å². The molecule has 0 amide bonds. The molecule has 1 aromatic carbocycles. The summed E-state index contributed by atoms with van der Waals surface area (Å²) in [7, 11) is -3.55. The van der Waals surface area contributed by atoms with Crippen molar-refractivity contribution in [2.45, 2.75) is 17.6 Å². The Morgan fingerprint density at radius 2 is 2.16 bits per heavy atom. The van der Waals surface area contributed by atoms with Gasteiger partial charge in [-0.1, -0.05) is 6.07 Å². The Hall–Kier alpha value is -1.73. The van der Waals surface area contributed by atoms with E-state index in [1.165, 1.54) is 41.8 Å². The van der Waals surface area contributed by atoms with E-state index in [2.05, 4.69) is 4.98 Å². The lowest BCUT2D eigenvalue weighted by Crippen LogP contribution is -2.06. The zero-order chi connectivity index (χ0) is 14.0. The zero-order valence-electron chi connectivity index (χ0n) is 10.0. The predicted molar refractivity (Wildman–Crippen MR) is 71.1 cm³/mol. The molecular weight excluding hydrogens is 286 g/mol. The third-order valence-corrected chi connectivity index (χ3v) is 5.20. The second kappa shape index (κ2) is 5.10. The van der Waals surface area contributed by atoms with Crippen LogP contribution in [0.4, 0.5) is 0 Å². The molecule has 2 rings (SSSR count). The van der Waals surface area contributed by atoms with Crippen LogP contribution in [0.2, 0.25) is 0 Å². The number of aromatic nitrogens is 1. The molecule has 0 unspecified atom stereocenters. The van der Waals surface area contributed by atoms with Gasteiger partial charge in [-0.3, -0.25) is 0 Å². The van der Waals surface area contributed by atoms with Crippen LogP contribution in [0.25, 0.3) is 0 Å². The molecule has 0 fully saturated rings. The van der Waals surface area contributed by atoms with Crippen molar-refractivity contribution >= 4 is 27.1 Å². The fourth-order valence-corrected chi connectivity index (χ4v) is 4.06. The minimum absolute atomic E-state index is 0.0125. The third-order valence-electron chi connectivity index (χ3n) is 2.44. The minimum atomic E-state index is -3.55. The van der Waals surface area contributed by atoms with Crippen molar-refractivity contribution in [2.75, 3.05) is 0 Å². The molecule has 1 aromatic heterocycles. The van der Waals surface area contributed by atoms with Crippen molar-refractivity contribution < 1.29 is 18.3 Å². The summed E-state index contributed by atoms with van der Waals surface area (Å²) in [5.41, 5.74) is -0.0402. The van der Waals surface area contributed by atoms with Gasteiger partial charge in [-0.2, -0.15) is 0 Å². The van der Waals surface area contributed by atoms with Gasteiger partial charge >= 0.3 is 5.97 Å². The number of benzene rings is 1. The summed E-state index contributed by atoms with van der Waals surface area (Å²) in [6.07, 6.45) is 1.53. The topological polar surface area (TPSA) is 84.3 Å². The van der Waals surface area contributed by atoms with Crippen molar-refractivity contribution in [1.29, 1.82) is 0 Å². The Morgan fingerprint density at radius 3 is 2.74 bits per heavy atom. The highest BCUT2D eigenvalue weighted by Crippen LogP contribution is 2.21. The molecule has 1 heterocycles. The van der Waals surface area contributed by atoms with Gasteiger partial charge in [0.1, 0.15) is 0 Å². The molecule has 1 N–H and O–H groups in total. The van der Waals surface area contributed by atoms with Gasteiger partial charge in [-0.05, 0) is 25.1 Å². The molecule has 0 aliphatic heterocycles. The number of rotatable bonds is 4. The number of aryl methyl sites for hydroxylation is 1. The summed E-state index contributed by atoms with van der Waals surface area (Å²) in [5.74, 6) is -1.31. The van der Waals surface area contributed by atoms with E-state index < -0.39 is 15.8 Å². The molecule has 19 heavy (non-hydrogen) atoms. The molecule has 7 heteroatoms. The summed E-state index contributed by atoms with van der Waals surface area (Å²) >= 11 is 1.31. The Kier molecular flexibility index (Phi) is 3.68. The monoisotopic (exact) mass is 297 g/mol. The van der Waals surface area contributed by atoms with Gasteiger partial charge in [-0.15, -0.1) is 11.3 Å². The van der Waals surface area contributed by atoms with Crippen LogP contribution < -0.4 is 0 Å². The normalized spacial score (nSPS) is 11.4. The van der Waals surface area contributed by atoms with E-state index >= 15 is 0 Å². The summed E-state index contributed by atoms with van der Waals surface area (Å²) < 4.78 is 24.3. The van der Waals surface area contributed by atoms with Crippen LogP contribution in [-0.2, 0) is 15.6 Å². The van der Waals surface area contributed by atoms with E-state index in [9.17, 15) is 13.2 Å². The number of carbonyl (C=O) groups is 1. The largest absolute Gasteiger partial charge is 0.478 e. The average Bonchev–Trinajstić information content (AvgIpc) is 2.74. The standard InChI is InChI=1S/C12H11NO4S2/c1-8-13-6-10(18-8)7-19(16,17)11-4-2-3-9(5-11)12(14)15/h2-6H,7H2,1H3,(H,14,15). The molecule has 0 saturated carbocycles. The lowest BCUT2D eigenvalue weighted by atomic mass is 10.2. The molecule has 0 saturated heterocycles. The third kappa shape index (κ3) is 3.18. The maximum Gasteiger partial charge on any atom is 0.335 e. The van der Waals surface area contributed by atoms with Gasteiger partial charge in [0.25, 0.3) is 0 Å². The van der Waals surface area contributed by atoms with Crippen LogP contribution in [0.15, 0.2) is 35.4 Å². The minimum Gasteiger partial charge on any atom is -0.478 e. The second-order valence-electron chi connectivity index (χ2n) is 3.94. The molecule has 0 radical (unpaired) electrons. The fraction of sp³-hybridized carbons (Fsp3) is 0.167. The maximum atomic E-state index is 12.2. The molecule has 100 valence electrons. The van der Waals surface area contributed by atoms with E-state index in [4.69, 9.17) is 5.11 Å². The van der Waals surface area contributed by atoms with Crippen molar-refractivity contribution in [1.82, 2.24) is 4.98 Å². The Labute approximate surface area is 114 Å². The van der Waals surface area contributed by atoms with Crippen molar-refractivity contribution in [3.05, 3.63) is 45.9 Å². The lowest BCUT2D eigenvalue weighted by molar-refractivity contribution is 0.0696. The molecule has 0 atom stereocenters. The zero-order valence-corrected chi connectivity index (χ0v) is 11.7. The summed E-state index contributed by atoms with van der Waals surface area (Å²) in [5, 5.41) is 9.66. The van der Waals surface area contributed by atoms with Gasteiger partial charge in [0.15, 0.2) is 9.84 Å². The molecule has 0 aliphatic carbocycles.